The Balaban J connectivity index is -0.000000200. The van der Waals surface area contributed by atoms with Crippen molar-refractivity contribution >= 4 is 46.4 Å². The molecule has 37 heavy (non-hydrogen) atoms. The fourth-order valence-corrected chi connectivity index (χ4v) is 1.90. The summed E-state index contributed by atoms with van der Waals surface area (Å²) >= 11 is 0. The van der Waals surface area contributed by atoms with Gasteiger partial charge in [-0.2, -0.15) is 0 Å². The molecule has 0 unspecified atom stereocenters. The minimum absolute atomic E-state index is 0.0108. The van der Waals surface area contributed by atoms with Gasteiger partial charge in [0, 0.05) is 19.9 Å². The molecule has 0 radical (unpaired) electrons. The Hall–Kier alpha value is -3.70. The summed E-state index contributed by atoms with van der Waals surface area (Å²) < 4.78 is 0. The molecule has 0 aliphatic heterocycles. The second kappa shape index (κ2) is 25.4. The molecule has 1 amide bonds. The molecule has 0 spiro atoms. The van der Waals surface area contributed by atoms with Crippen LogP contribution in [-0.4, -0.2) is 76.8 Å². The fourth-order valence-electron chi connectivity index (χ4n) is 1.90. The van der Waals surface area contributed by atoms with Crippen LogP contribution in [0.3, 0.4) is 0 Å². The van der Waals surface area contributed by atoms with Crippen LogP contribution in [0.15, 0.2) is 38.0 Å². The minimum Gasteiger partial charge on any atom is -0.392 e. The molecule has 1 atom stereocenters. The zero-order valence-electron chi connectivity index (χ0n) is 22.5. The first kappa shape index (κ1) is 40.5. The fraction of sp³-hybridized carbons (Fsp3) is 0.462. The molecular weight excluding hydrogens is 486 g/mol. The van der Waals surface area contributed by atoms with Gasteiger partial charge in [0.05, 0.1) is 32.5 Å². The van der Waals surface area contributed by atoms with Crippen LogP contribution in [0.5, 0.6) is 0 Å². The average molecular weight is 526 g/mol. The lowest BCUT2D eigenvalue weighted by Crippen LogP contribution is -2.22. The highest BCUT2D eigenvalue weighted by Crippen LogP contribution is 1.99. The Bertz CT molecular complexity index is 830. The van der Waals surface area contributed by atoms with Crippen molar-refractivity contribution < 1.29 is 48.3 Å². The third kappa shape index (κ3) is 37.0. The largest absolute Gasteiger partial charge is 0.392 e. The first-order valence-corrected chi connectivity index (χ1v) is 10.9. The summed E-state index contributed by atoms with van der Waals surface area (Å²) in [6.45, 7) is 15.2. The summed E-state index contributed by atoms with van der Waals surface area (Å²) in [4.78, 5) is 87.7. The van der Waals surface area contributed by atoms with E-state index < -0.39 is 6.10 Å². The van der Waals surface area contributed by atoms with Crippen LogP contribution in [0.4, 0.5) is 0 Å². The normalized spacial score (nSPS) is 9.59. The highest BCUT2D eigenvalue weighted by molar-refractivity contribution is 6.09. The number of aliphatic hydroxyl groups is 1. The quantitative estimate of drug-likeness (QED) is 0.201. The predicted molar refractivity (Wildman–Crippen MR) is 137 cm³/mol. The summed E-state index contributed by atoms with van der Waals surface area (Å²) in [7, 11) is 2.94. The first-order chi connectivity index (χ1) is 17.0. The SMILES string of the molecule is C=CC(=O)CC(=O)CC(C)=O.C=CC(=O)C[C@@H](O)CC(C)=O.C=CC(=O)N(C)OC.CC(=O)CC(C)=O. The number of hydroxylamine groups is 2. The lowest BCUT2D eigenvalue weighted by Gasteiger charge is -2.09. The van der Waals surface area contributed by atoms with Crippen LogP contribution < -0.4 is 0 Å². The van der Waals surface area contributed by atoms with Gasteiger partial charge >= 0.3 is 0 Å². The van der Waals surface area contributed by atoms with Gasteiger partial charge in [-0.25, -0.2) is 5.06 Å². The molecule has 208 valence electrons. The van der Waals surface area contributed by atoms with E-state index in [0.717, 1.165) is 17.2 Å². The highest BCUT2D eigenvalue weighted by Gasteiger charge is 2.10. The number of allylic oxidation sites excluding steroid dienone is 2. The van der Waals surface area contributed by atoms with E-state index in [-0.39, 0.29) is 78.5 Å². The number of carbonyl (C=O) groups is 8. The maximum atomic E-state index is 10.7. The van der Waals surface area contributed by atoms with Crippen molar-refractivity contribution in [2.75, 3.05) is 14.2 Å². The number of carbonyl (C=O) groups excluding carboxylic acids is 8. The highest BCUT2D eigenvalue weighted by atomic mass is 16.7. The maximum absolute atomic E-state index is 10.7. The van der Waals surface area contributed by atoms with Gasteiger partial charge in [-0.05, 0) is 45.9 Å². The van der Waals surface area contributed by atoms with Gasteiger partial charge < -0.3 is 5.11 Å². The average Bonchev–Trinajstić information content (AvgIpc) is 2.76. The summed E-state index contributed by atoms with van der Waals surface area (Å²) in [6, 6.07) is 0. The van der Waals surface area contributed by atoms with E-state index in [1.165, 1.54) is 47.9 Å². The molecule has 0 heterocycles. The number of Topliss-reactive ketones (excluding diaryl/α,β-unsaturated/α-hetero) is 5. The second-order valence-corrected chi connectivity index (χ2v) is 7.50. The molecule has 1 N–H and O–H groups in total. The Labute approximate surface area is 218 Å². The van der Waals surface area contributed by atoms with E-state index in [9.17, 15) is 38.4 Å². The van der Waals surface area contributed by atoms with Crippen LogP contribution in [0, 0.1) is 0 Å². The van der Waals surface area contributed by atoms with Crippen molar-refractivity contribution in [1.29, 1.82) is 0 Å². The Morgan fingerprint density at radius 2 is 1.14 bits per heavy atom. The Morgan fingerprint density at radius 1 is 0.703 bits per heavy atom. The topological polar surface area (TPSA) is 169 Å². The number of aliphatic hydroxyl groups excluding tert-OH is 1. The van der Waals surface area contributed by atoms with Crippen molar-refractivity contribution in [2.24, 2.45) is 0 Å². The zero-order valence-corrected chi connectivity index (χ0v) is 22.5. The van der Waals surface area contributed by atoms with Crippen molar-refractivity contribution in [3.05, 3.63) is 38.0 Å². The van der Waals surface area contributed by atoms with E-state index in [4.69, 9.17) is 5.11 Å². The number of rotatable bonds is 14. The van der Waals surface area contributed by atoms with Crippen LogP contribution in [0.25, 0.3) is 0 Å². The van der Waals surface area contributed by atoms with Gasteiger partial charge in [-0.1, -0.05) is 19.7 Å². The summed E-state index contributed by atoms with van der Waals surface area (Å²) in [5.74, 6) is -1.62. The van der Waals surface area contributed by atoms with Gasteiger partial charge in [0.1, 0.15) is 28.9 Å². The number of hydrogen-bond donors (Lipinski definition) is 1. The van der Waals surface area contributed by atoms with E-state index in [2.05, 4.69) is 24.6 Å². The lowest BCUT2D eigenvalue weighted by atomic mass is 10.1. The Kier molecular flexibility index (Phi) is 27.8. The summed E-state index contributed by atoms with van der Waals surface area (Å²) in [5, 5.41) is 10.1. The lowest BCUT2D eigenvalue weighted by molar-refractivity contribution is -0.162. The van der Waals surface area contributed by atoms with Crippen LogP contribution in [0.2, 0.25) is 0 Å². The summed E-state index contributed by atoms with van der Waals surface area (Å²) in [5.41, 5.74) is 0. The maximum Gasteiger partial charge on any atom is 0.269 e. The molecule has 0 aromatic carbocycles. The smallest absolute Gasteiger partial charge is 0.269 e. The minimum atomic E-state index is -0.849. The van der Waals surface area contributed by atoms with E-state index in [0.29, 0.717) is 0 Å². The van der Waals surface area contributed by atoms with Crippen LogP contribution in [0.1, 0.15) is 59.8 Å². The Morgan fingerprint density at radius 3 is 1.38 bits per heavy atom. The van der Waals surface area contributed by atoms with Gasteiger partial charge in [0.25, 0.3) is 5.91 Å². The molecule has 0 saturated heterocycles. The molecule has 0 rings (SSSR count). The number of nitrogens with zero attached hydrogens (tertiary/aromatic N) is 1. The summed E-state index contributed by atoms with van der Waals surface area (Å²) in [6.07, 6.45) is 2.31. The molecule has 11 nitrogen and oxygen atoms in total. The number of likely N-dealkylation sites (N-methyl/N-ethyl adjacent to an activating group) is 1. The second-order valence-electron chi connectivity index (χ2n) is 7.50. The van der Waals surface area contributed by atoms with Gasteiger partial charge in [0.15, 0.2) is 11.6 Å². The molecule has 0 aromatic heterocycles. The third-order valence-corrected chi connectivity index (χ3v) is 3.49. The predicted octanol–water partition coefficient (Wildman–Crippen LogP) is 1.90. The molecule has 0 aliphatic carbocycles. The number of ketones is 7. The van der Waals surface area contributed by atoms with Crippen molar-refractivity contribution in [1.82, 2.24) is 5.06 Å². The van der Waals surface area contributed by atoms with Crippen molar-refractivity contribution in [3.8, 4) is 0 Å². The van der Waals surface area contributed by atoms with Gasteiger partial charge in [-0.3, -0.25) is 43.2 Å². The monoisotopic (exact) mass is 525 g/mol. The molecule has 0 aliphatic rings. The number of amides is 1. The molecular formula is C26H39NO10. The first-order valence-electron chi connectivity index (χ1n) is 10.9. The zero-order chi connectivity index (χ0) is 30.1. The van der Waals surface area contributed by atoms with Crippen LogP contribution in [-0.2, 0) is 43.2 Å². The van der Waals surface area contributed by atoms with Crippen molar-refractivity contribution in [3.63, 3.8) is 0 Å². The van der Waals surface area contributed by atoms with Gasteiger partial charge in [-0.15, -0.1) is 0 Å². The van der Waals surface area contributed by atoms with E-state index in [1.54, 1.807) is 0 Å². The molecule has 11 heteroatoms. The number of hydrogen-bond acceptors (Lipinski definition) is 10. The van der Waals surface area contributed by atoms with E-state index in [1.807, 2.05) is 0 Å². The molecule has 0 aromatic rings. The molecule has 0 saturated carbocycles. The van der Waals surface area contributed by atoms with E-state index >= 15 is 0 Å². The van der Waals surface area contributed by atoms with Gasteiger partial charge in [0.2, 0.25) is 0 Å². The standard InChI is InChI=1S/C8H12O3.C8H10O3.C5H9NO2.C5H8O2/c2*1-3-7(10)5-8(11)4-6(2)9;1-4-5(7)6(2)8-3;1-4(6)3-5(2)7/h3,8,11H,1,4-5H2,2H3;3H,1,4-5H2,2H3;4H,1H2,2-3H3;3H2,1-2H3/t8-;;;/m0.../s1. The van der Waals surface area contributed by atoms with Crippen molar-refractivity contribution in [2.45, 2.75) is 65.9 Å². The molecule has 0 bridgehead atoms. The third-order valence-electron chi connectivity index (χ3n) is 3.49. The molecule has 0 fully saturated rings. The van der Waals surface area contributed by atoms with Crippen LogP contribution >= 0.6 is 0 Å².